The first-order valence-corrected chi connectivity index (χ1v) is 7.63. The highest BCUT2D eigenvalue weighted by atomic mass is 16.5. The van der Waals surface area contributed by atoms with Gasteiger partial charge in [-0.05, 0) is 43.5 Å². The number of benzene rings is 1. The van der Waals surface area contributed by atoms with Crippen molar-refractivity contribution in [3.63, 3.8) is 0 Å². The average molecular weight is 288 g/mol. The molecule has 2 atom stereocenters. The molecule has 21 heavy (non-hydrogen) atoms. The van der Waals surface area contributed by atoms with Gasteiger partial charge in [0.25, 0.3) is 0 Å². The summed E-state index contributed by atoms with van der Waals surface area (Å²) < 4.78 is 6.00. The molecule has 0 heterocycles. The lowest BCUT2D eigenvalue weighted by molar-refractivity contribution is 0.180. The van der Waals surface area contributed by atoms with Crippen LogP contribution in [0.5, 0.6) is 5.75 Å². The SMILES string of the molecule is CCNC(C)(C#N)CC(C)Oc1cccc(C(C)(C)C)c1. The second-order valence-corrected chi connectivity index (χ2v) is 6.88. The molecule has 0 spiro atoms. The molecule has 3 heteroatoms. The number of nitriles is 1. The summed E-state index contributed by atoms with van der Waals surface area (Å²) in [7, 11) is 0. The van der Waals surface area contributed by atoms with Crippen molar-refractivity contribution in [3.8, 4) is 11.8 Å². The molecule has 0 saturated heterocycles. The Bertz CT molecular complexity index is 499. The van der Waals surface area contributed by atoms with Crippen molar-refractivity contribution in [2.45, 2.75) is 65.0 Å². The Balaban J connectivity index is 2.76. The summed E-state index contributed by atoms with van der Waals surface area (Å²) in [5.41, 5.74) is 0.811. The zero-order valence-electron chi connectivity index (χ0n) is 14.2. The minimum absolute atomic E-state index is 0.0241. The summed E-state index contributed by atoms with van der Waals surface area (Å²) in [5, 5.41) is 12.5. The van der Waals surface area contributed by atoms with Crippen LogP contribution in [0.3, 0.4) is 0 Å². The van der Waals surface area contributed by atoms with Crippen LogP contribution in [-0.4, -0.2) is 18.2 Å². The number of nitrogens with zero attached hydrogens (tertiary/aromatic N) is 1. The quantitative estimate of drug-likeness (QED) is 0.859. The van der Waals surface area contributed by atoms with E-state index in [0.717, 1.165) is 12.3 Å². The molecule has 0 saturated carbocycles. The molecule has 1 rings (SSSR count). The van der Waals surface area contributed by atoms with Crippen molar-refractivity contribution >= 4 is 0 Å². The molecule has 1 aromatic rings. The van der Waals surface area contributed by atoms with Gasteiger partial charge in [-0.25, -0.2) is 0 Å². The van der Waals surface area contributed by atoms with E-state index in [1.54, 1.807) is 0 Å². The molecule has 0 aromatic heterocycles. The van der Waals surface area contributed by atoms with Gasteiger partial charge >= 0.3 is 0 Å². The van der Waals surface area contributed by atoms with Crippen molar-refractivity contribution in [2.75, 3.05) is 6.54 Å². The number of hydrogen-bond acceptors (Lipinski definition) is 3. The summed E-state index contributed by atoms with van der Waals surface area (Å²) >= 11 is 0. The van der Waals surface area contributed by atoms with E-state index in [2.05, 4.69) is 44.3 Å². The van der Waals surface area contributed by atoms with E-state index < -0.39 is 5.54 Å². The first-order valence-electron chi connectivity index (χ1n) is 7.63. The maximum absolute atomic E-state index is 9.31. The van der Waals surface area contributed by atoms with Gasteiger partial charge in [0, 0.05) is 6.42 Å². The molecule has 0 radical (unpaired) electrons. The van der Waals surface area contributed by atoms with Gasteiger partial charge in [0.05, 0.1) is 12.2 Å². The van der Waals surface area contributed by atoms with Crippen LogP contribution >= 0.6 is 0 Å². The van der Waals surface area contributed by atoms with E-state index in [9.17, 15) is 5.26 Å². The van der Waals surface area contributed by atoms with Crippen LogP contribution in [0.2, 0.25) is 0 Å². The van der Waals surface area contributed by atoms with Gasteiger partial charge in [0.15, 0.2) is 0 Å². The molecule has 3 nitrogen and oxygen atoms in total. The van der Waals surface area contributed by atoms with E-state index in [-0.39, 0.29) is 11.5 Å². The van der Waals surface area contributed by atoms with Gasteiger partial charge in [-0.1, -0.05) is 39.8 Å². The van der Waals surface area contributed by atoms with Crippen LogP contribution in [0.25, 0.3) is 0 Å². The maximum Gasteiger partial charge on any atom is 0.119 e. The number of rotatable bonds is 6. The van der Waals surface area contributed by atoms with Crippen molar-refractivity contribution in [2.24, 2.45) is 0 Å². The number of nitrogens with one attached hydrogen (secondary N) is 1. The maximum atomic E-state index is 9.31. The molecule has 0 fully saturated rings. The Kier molecular flexibility index (Phi) is 5.80. The fraction of sp³-hybridized carbons (Fsp3) is 0.611. The van der Waals surface area contributed by atoms with Gasteiger partial charge in [-0.3, -0.25) is 5.32 Å². The monoisotopic (exact) mass is 288 g/mol. The lowest BCUT2D eigenvalue weighted by Gasteiger charge is -2.27. The highest BCUT2D eigenvalue weighted by Gasteiger charge is 2.26. The summed E-state index contributed by atoms with van der Waals surface area (Å²) in [5.74, 6) is 0.867. The van der Waals surface area contributed by atoms with Crippen LogP contribution in [-0.2, 0) is 5.41 Å². The van der Waals surface area contributed by atoms with E-state index >= 15 is 0 Å². The zero-order valence-corrected chi connectivity index (χ0v) is 14.2. The predicted octanol–water partition coefficient (Wildman–Crippen LogP) is 4.03. The lowest BCUT2D eigenvalue weighted by Crippen LogP contribution is -2.44. The first kappa shape index (κ1) is 17.5. The van der Waals surface area contributed by atoms with Crippen LogP contribution in [0.4, 0.5) is 0 Å². The normalized spacial score (nSPS) is 15.9. The molecule has 1 N–H and O–H groups in total. The third kappa shape index (κ3) is 5.40. The van der Waals surface area contributed by atoms with Crippen LogP contribution < -0.4 is 10.1 Å². The van der Waals surface area contributed by atoms with E-state index in [1.807, 2.05) is 32.9 Å². The molecule has 0 aliphatic carbocycles. The Labute approximate surface area is 129 Å². The van der Waals surface area contributed by atoms with Crippen molar-refractivity contribution in [3.05, 3.63) is 29.8 Å². The smallest absolute Gasteiger partial charge is 0.119 e. The topological polar surface area (TPSA) is 45.0 Å². The second-order valence-electron chi connectivity index (χ2n) is 6.88. The Morgan fingerprint density at radius 2 is 1.95 bits per heavy atom. The van der Waals surface area contributed by atoms with Crippen LogP contribution in [0.15, 0.2) is 24.3 Å². The van der Waals surface area contributed by atoms with Crippen molar-refractivity contribution in [1.82, 2.24) is 5.32 Å². The van der Waals surface area contributed by atoms with Gasteiger partial charge < -0.3 is 4.74 Å². The highest BCUT2D eigenvalue weighted by Crippen LogP contribution is 2.26. The highest BCUT2D eigenvalue weighted by molar-refractivity contribution is 5.32. The van der Waals surface area contributed by atoms with E-state index in [4.69, 9.17) is 4.74 Å². The zero-order chi connectivity index (χ0) is 16.1. The Morgan fingerprint density at radius 1 is 1.29 bits per heavy atom. The summed E-state index contributed by atoms with van der Waals surface area (Å²) in [6.07, 6.45) is 0.626. The third-order valence-corrected chi connectivity index (χ3v) is 3.55. The fourth-order valence-corrected chi connectivity index (χ4v) is 2.43. The molecule has 116 valence electrons. The van der Waals surface area contributed by atoms with Crippen LogP contribution in [0, 0.1) is 11.3 Å². The Hall–Kier alpha value is -1.53. The fourth-order valence-electron chi connectivity index (χ4n) is 2.43. The molecule has 0 aliphatic heterocycles. The molecular formula is C18H28N2O. The molecule has 0 amide bonds. The van der Waals surface area contributed by atoms with Crippen molar-refractivity contribution in [1.29, 1.82) is 5.26 Å². The third-order valence-electron chi connectivity index (χ3n) is 3.55. The van der Waals surface area contributed by atoms with Crippen LogP contribution in [0.1, 0.15) is 53.5 Å². The molecule has 1 aromatic carbocycles. The minimum atomic E-state index is -0.546. The summed E-state index contributed by atoms with van der Waals surface area (Å²) in [6.45, 7) is 13.3. The lowest BCUT2D eigenvalue weighted by atomic mass is 9.87. The average Bonchev–Trinajstić information content (AvgIpc) is 2.38. The van der Waals surface area contributed by atoms with Gasteiger partial charge in [-0.15, -0.1) is 0 Å². The minimum Gasteiger partial charge on any atom is -0.491 e. The standard InChI is InChI=1S/C18H28N2O/c1-7-20-18(6,13-19)12-14(2)21-16-10-8-9-15(11-16)17(3,4)5/h8-11,14,20H,7,12H2,1-6H3. The molecule has 2 unspecified atom stereocenters. The van der Waals surface area contributed by atoms with Gasteiger partial charge in [0.2, 0.25) is 0 Å². The molecule has 0 bridgehead atoms. The summed E-state index contributed by atoms with van der Waals surface area (Å²) in [6, 6.07) is 10.6. The predicted molar refractivity (Wildman–Crippen MR) is 87.5 cm³/mol. The number of hydrogen-bond donors (Lipinski definition) is 1. The van der Waals surface area contributed by atoms with Gasteiger partial charge in [-0.2, -0.15) is 5.26 Å². The van der Waals surface area contributed by atoms with E-state index in [0.29, 0.717) is 6.42 Å². The van der Waals surface area contributed by atoms with Gasteiger partial charge in [0.1, 0.15) is 11.3 Å². The Morgan fingerprint density at radius 3 is 2.48 bits per heavy atom. The second kappa shape index (κ2) is 6.95. The largest absolute Gasteiger partial charge is 0.491 e. The molecule has 0 aliphatic rings. The van der Waals surface area contributed by atoms with E-state index in [1.165, 1.54) is 5.56 Å². The summed E-state index contributed by atoms with van der Waals surface area (Å²) in [4.78, 5) is 0. The molecular weight excluding hydrogens is 260 g/mol. The number of ether oxygens (including phenoxy) is 1. The van der Waals surface area contributed by atoms with Crippen molar-refractivity contribution < 1.29 is 4.74 Å². The first-order chi connectivity index (χ1) is 9.70.